The number of allylic oxidation sites excluding steroid dienone is 2. The molecule has 0 amide bonds. The number of nitrogens with one attached hydrogen (secondary N) is 2. The molecule has 0 rings (SSSR count). The fourth-order valence-electron chi connectivity index (χ4n) is 0.332. The minimum Gasteiger partial charge on any atom is -0.375 e. The third kappa shape index (κ3) is 3.78. The highest BCUT2D eigenvalue weighted by Crippen LogP contribution is 1.89. The molecule has 0 atom stereocenters. The smallest absolute Gasteiger partial charge is 0.0949 e. The van der Waals surface area contributed by atoms with Crippen LogP contribution < -0.4 is 10.6 Å². The highest BCUT2D eigenvalue weighted by Gasteiger charge is 1.81. The van der Waals surface area contributed by atoms with Crippen LogP contribution in [0.25, 0.3) is 0 Å². The number of hydrogen-bond donors (Lipinski definition) is 2. The summed E-state index contributed by atoms with van der Waals surface area (Å²) in [6.07, 6.45) is 3.61. The van der Waals surface area contributed by atoms with Crippen molar-refractivity contribution in [3.63, 3.8) is 0 Å². The molecule has 0 bridgehead atoms. The second-order valence-corrected chi connectivity index (χ2v) is 1.97. The molecule has 0 fully saturated rings. The first-order chi connectivity index (χ1) is 4.70. The van der Waals surface area contributed by atoms with Crippen molar-refractivity contribution in [2.45, 2.75) is 6.92 Å². The zero-order valence-electron chi connectivity index (χ0n) is 6.57. The van der Waals surface area contributed by atoms with Gasteiger partial charge in [0.15, 0.2) is 0 Å². The van der Waals surface area contributed by atoms with Crippen molar-refractivity contribution in [1.82, 2.24) is 10.6 Å². The van der Waals surface area contributed by atoms with E-state index < -0.39 is 0 Å². The third-order valence-corrected chi connectivity index (χ3v) is 1.10. The van der Waals surface area contributed by atoms with E-state index in [1.165, 1.54) is 0 Å². The van der Waals surface area contributed by atoms with Gasteiger partial charge in [-0.05, 0) is 12.5 Å². The Kier molecular flexibility index (Phi) is 4.12. The second kappa shape index (κ2) is 4.68. The lowest BCUT2D eigenvalue weighted by molar-refractivity contribution is 0.874. The first-order valence-corrected chi connectivity index (χ1v) is 3.13. The molecule has 0 saturated heterocycles. The fourth-order valence-corrected chi connectivity index (χ4v) is 0.332. The van der Waals surface area contributed by atoms with E-state index in [0.717, 1.165) is 11.4 Å². The minimum absolute atomic E-state index is 0.779. The van der Waals surface area contributed by atoms with Gasteiger partial charge in [-0.1, -0.05) is 19.2 Å². The van der Waals surface area contributed by atoms with E-state index in [-0.39, 0.29) is 0 Å². The summed E-state index contributed by atoms with van der Waals surface area (Å²) >= 11 is 0. The molecule has 0 saturated carbocycles. The summed E-state index contributed by atoms with van der Waals surface area (Å²) in [5.41, 5.74) is 1.08. The maximum atomic E-state index is 3.68. The summed E-state index contributed by atoms with van der Waals surface area (Å²) < 4.78 is 0. The van der Waals surface area contributed by atoms with Crippen LogP contribution in [0.3, 0.4) is 0 Å². The van der Waals surface area contributed by atoms with Crippen LogP contribution in [-0.4, -0.2) is 7.05 Å². The van der Waals surface area contributed by atoms with Crippen LogP contribution in [0.5, 0.6) is 0 Å². The quantitative estimate of drug-likeness (QED) is 0.573. The van der Waals surface area contributed by atoms with Gasteiger partial charge in [0.2, 0.25) is 0 Å². The van der Waals surface area contributed by atoms with Crippen molar-refractivity contribution in [2.24, 2.45) is 0 Å². The van der Waals surface area contributed by atoms with Gasteiger partial charge < -0.3 is 10.6 Å². The van der Waals surface area contributed by atoms with E-state index >= 15 is 0 Å². The zero-order chi connectivity index (χ0) is 7.98. The maximum absolute atomic E-state index is 3.68. The summed E-state index contributed by atoms with van der Waals surface area (Å²) in [6.45, 7) is 9.25. The van der Waals surface area contributed by atoms with E-state index in [4.69, 9.17) is 0 Å². The lowest BCUT2D eigenvalue weighted by atomic mass is 10.3. The van der Waals surface area contributed by atoms with Gasteiger partial charge in [0.1, 0.15) is 0 Å². The van der Waals surface area contributed by atoms with Crippen molar-refractivity contribution >= 4 is 0 Å². The summed E-state index contributed by atoms with van der Waals surface area (Å²) in [5, 5.41) is 5.80. The van der Waals surface area contributed by atoms with Gasteiger partial charge in [-0.2, -0.15) is 0 Å². The Morgan fingerprint density at radius 3 is 2.50 bits per heavy atom. The normalized spacial score (nSPS) is 10.4. The molecule has 0 aliphatic carbocycles. The molecule has 0 aliphatic rings. The molecule has 10 heavy (non-hydrogen) atoms. The summed E-state index contributed by atoms with van der Waals surface area (Å²) in [5.74, 6) is 0.779. The minimum atomic E-state index is 0.779. The lowest BCUT2D eigenvalue weighted by Gasteiger charge is -2.02. The average molecular weight is 138 g/mol. The molecule has 0 spiro atoms. The van der Waals surface area contributed by atoms with E-state index in [1.54, 1.807) is 6.08 Å². The van der Waals surface area contributed by atoms with Crippen molar-refractivity contribution < 1.29 is 0 Å². The van der Waals surface area contributed by atoms with E-state index in [1.807, 2.05) is 20.2 Å². The molecular formula is C8H14N2. The van der Waals surface area contributed by atoms with Gasteiger partial charge >= 0.3 is 0 Å². The first-order valence-electron chi connectivity index (χ1n) is 3.13. The molecule has 0 heterocycles. The van der Waals surface area contributed by atoms with Crippen molar-refractivity contribution in [3.05, 3.63) is 36.8 Å². The molecule has 0 aromatic rings. The monoisotopic (exact) mass is 138 g/mol. The Morgan fingerprint density at radius 2 is 2.10 bits per heavy atom. The molecule has 56 valence electrons. The fraction of sp³-hybridized carbons (Fsp3) is 0.250. The highest BCUT2D eigenvalue weighted by molar-refractivity contribution is 5.13. The lowest BCUT2D eigenvalue weighted by Crippen LogP contribution is -2.17. The largest absolute Gasteiger partial charge is 0.375 e. The molecular weight excluding hydrogens is 124 g/mol. The Hall–Kier alpha value is -1.18. The Bertz CT molecular complexity index is 157. The molecule has 0 aromatic carbocycles. The van der Waals surface area contributed by atoms with Crippen LogP contribution in [0.2, 0.25) is 0 Å². The zero-order valence-corrected chi connectivity index (χ0v) is 6.57. The van der Waals surface area contributed by atoms with Crippen molar-refractivity contribution in [1.29, 1.82) is 0 Å². The molecule has 0 aliphatic heterocycles. The standard InChI is InChI=1S/C8H14N2/c1-5-7(2)6-10-8(3)9-4/h5-6,9-10H,1,3H2,2,4H3/b7-6-. The van der Waals surface area contributed by atoms with Gasteiger partial charge in [-0.25, -0.2) is 0 Å². The summed E-state index contributed by atoms with van der Waals surface area (Å²) in [7, 11) is 1.81. The Morgan fingerprint density at radius 1 is 1.50 bits per heavy atom. The summed E-state index contributed by atoms with van der Waals surface area (Å²) in [6, 6.07) is 0. The van der Waals surface area contributed by atoms with Gasteiger partial charge in [0, 0.05) is 13.2 Å². The Labute approximate surface area is 62.3 Å². The van der Waals surface area contributed by atoms with Gasteiger partial charge in [0.05, 0.1) is 5.82 Å². The van der Waals surface area contributed by atoms with Crippen molar-refractivity contribution in [3.8, 4) is 0 Å². The molecule has 0 radical (unpaired) electrons. The number of rotatable bonds is 4. The van der Waals surface area contributed by atoms with Crippen LogP contribution in [0.4, 0.5) is 0 Å². The predicted molar refractivity (Wildman–Crippen MR) is 45.3 cm³/mol. The van der Waals surface area contributed by atoms with Crippen LogP contribution in [0.15, 0.2) is 36.8 Å². The highest BCUT2D eigenvalue weighted by atomic mass is 15.0. The SMILES string of the molecule is C=C/C(C)=C\NC(=C)NC. The third-order valence-electron chi connectivity index (χ3n) is 1.10. The molecule has 2 N–H and O–H groups in total. The number of hydrogen-bond acceptors (Lipinski definition) is 2. The van der Waals surface area contributed by atoms with Gasteiger partial charge in [-0.3, -0.25) is 0 Å². The Balaban J connectivity index is 3.71. The topological polar surface area (TPSA) is 24.1 Å². The molecule has 2 heteroatoms. The van der Waals surface area contributed by atoms with Crippen LogP contribution >= 0.6 is 0 Å². The first kappa shape index (κ1) is 8.82. The van der Waals surface area contributed by atoms with Gasteiger partial charge in [-0.15, -0.1) is 0 Å². The van der Waals surface area contributed by atoms with Crippen LogP contribution in [0, 0.1) is 0 Å². The van der Waals surface area contributed by atoms with Crippen molar-refractivity contribution in [2.75, 3.05) is 7.05 Å². The average Bonchev–Trinajstić information content (AvgIpc) is 1.99. The van der Waals surface area contributed by atoms with E-state index in [2.05, 4.69) is 23.8 Å². The molecule has 0 aromatic heterocycles. The second-order valence-electron chi connectivity index (χ2n) is 1.97. The van der Waals surface area contributed by atoms with Crippen LogP contribution in [-0.2, 0) is 0 Å². The van der Waals surface area contributed by atoms with Crippen LogP contribution in [0.1, 0.15) is 6.92 Å². The van der Waals surface area contributed by atoms with E-state index in [9.17, 15) is 0 Å². The predicted octanol–water partition coefficient (Wildman–Crippen LogP) is 1.36. The molecule has 0 unspecified atom stereocenters. The van der Waals surface area contributed by atoms with E-state index in [0.29, 0.717) is 0 Å². The summed E-state index contributed by atoms with van der Waals surface area (Å²) in [4.78, 5) is 0. The molecule has 2 nitrogen and oxygen atoms in total. The maximum Gasteiger partial charge on any atom is 0.0949 e. The van der Waals surface area contributed by atoms with Gasteiger partial charge in [0.25, 0.3) is 0 Å².